The molecule has 16 atom stereocenters. The SMILES string of the molecule is CC(C)[C@@H](C)[C@@]1(C)CC[C@]2(C)[C@H]3CC[C@H]4C5(C)COC[C@@]4(C[C@@H](O)[C@@H]5O[C@@H]4OC(CO)[C@@H](O)[C@H](O)C4O)C3=CC[C@@]2(C)[C@@H]1C(=O)OCc1ccccc1. The van der Waals surface area contributed by atoms with Crippen molar-refractivity contribution in [2.45, 2.75) is 137 Å². The highest BCUT2D eigenvalue weighted by atomic mass is 16.7. The third-order valence-electron chi connectivity index (χ3n) is 16.4. The Balaban J connectivity index is 1.22. The molecule has 0 aromatic heterocycles. The van der Waals surface area contributed by atoms with Crippen molar-refractivity contribution in [3.63, 3.8) is 0 Å². The Morgan fingerprint density at radius 2 is 1.64 bits per heavy atom. The standard InChI is InChI=1S/C43H64O10/c1-24(2)25(3)39(4)17-18-41(6)27-13-14-31-40(5)22-50-23-43(31,19-29(45)36(40)53-38-34(48)33(47)32(46)30(20-44)52-38)28(27)15-16-42(41,7)35(39)37(49)51-21-26-11-9-8-10-12-26/h8-12,15,24-25,27,29-36,38,44-48H,13-14,16-23H2,1-7H3/t25-,27+,29-,30?,31+,32-,33+,34?,35-,36+,38+,39-,40?,41-,42+,43+/m1/s1. The number of ether oxygens (including phenoxy) is 4. The van der Waals surface area contributed by atoms with E-state index in [1.54, 1.807) is 0 Å². The molecule has 2 bridgehead atoms. The van der Waals surface area contributed by atoms with Gasteiger partial charge in [0.25, 0.3) is 0 Å². The molecule has 1 aromatic rings. The molecular formula is C43H64O10. The second-order valence-electron chi connectivity index (χ2n) is 19.1. The van der Waals surface area contributed by atoms with E-state index in [4.69, 9.17) is 18.9 Å². The highest BCUT2D eigenvalue weighted by Gasteiger charge is 2.72. The van der Waals surface area contributed by atoms with Gasteiger partial charge in [-0.05, 0) is 84.0 Å². The highest BCUT2D eigenvalue weighted by Crippen LogP contribution is 2.75. The van der Waals surface area contributed by atoms with Crippen molar-refractivity contribution in [3.05, 3.63) is 47.5 Å². The van der Waals surface area contributed by atoms with Crippen LogP contribution in [0.15, 0.2) is 42.0 Å². The van der Waals surface area contributed by atoms with Crippen LogP contribution in [0.25, 0.3) is 0 Å². The van der Waals surface area contributed by atoms with Gasteiger partial charge in [0, 0.05) is 10.8 Å². The van der Waals surface area contributed by atoms with Crippen LogP contribution in [0.2, 0.25) is 0 Å². The number of allylic oxidation sites excluding steroid dienone is 1. The molecule has 0 spiro atoms. The lowest BCUT2D eigenvalue weighted by molar-refractivity contribution is -0.349. The zero-order chi connectivity index (χ0) is 38.3. The van der Waals surface area contributed by atoms with E-state index in [1.165, 1.54) is 5.57 Å². The first-order valence-electron chi connectivity index (χ1n) is 20.1. The Kier molecular flexibility index (Phi) is 10.3. The van der Waals surface area contributed by atoms with Crippen molar-refractivity contribution in [1.29, 1.82) is 0 Å². The second kappa shape index (κ2) is 13.9. The van der Waals surface area contributed by atoms with Gasteiger partial charge in [0.2, 0.25) is 0 Å². The number of fused-ring (bicyclic) bond motifs is 3. The molecule has 10 nitrogen and oxygen atoms in total. The van der Waals surface area contributed by atoms with Crippen LogP contribution >= 0.6 is 0 Å². The summed E-state index contributed by atoms with van der Waals surface area (Å²) < 4.78 is 24.9. The lowest BCUT2D eigenvalue weighted by Crippen LogP contribution is -2.71. The van der Waals surface area contributed by atoms with E-state index >= 15 is 0 Å². The zero-order valence-corrected chi connectivity index (χ0v) is 32.7. The Labute approximate surface area is 315 Å². The summed E-state index contributed by atoms with van der Waals surface area (Å²) in [6.45, 7) is 16.6. The largest absolute Gasteiger partial charge is 0.461 e. The third-order valence-corrected chi connectivity index (χ3v) is 16.4. The molecule has 4 aliphatic carbocycles. The molecule has 0 radical (unpaired) electrons. The molecule has 2 aliphatic heterocycles. The first-order valence-corrected chi connectivity index (χ1v) is 20.1. The summed E-state index contributed by atoms with van der Waals surface area (Å²) in [7, 11) is 0. The molecule has 2 saturated heterocycles. The van der Waals surface area contributed by atoms with E-state index in [1.807, 2.05) is 30.3 Å². The lowest BCUT2D eigenvalue weighted by atomic mass is 9.34. The minimum absolute atomic E-state index is 0.101. The molecule has 3 unspecified atom stereocenters. The molecule has 296 valence electrons. The summed E-state index contributed by atoms with van der Waals surface area (Å²) in [6.07, 6.45) is -1.47. The smallest absolute Gasteiger partial charge is 0.310 e. The number of hydrogen-bond donors (Lipinski definition) is 5. The average Bonchev–Trinajstić information content (AvgIpc) is 3.12. The fraction of sp³-hybridized carbons (Fsp3) is 0.791. The monoisotopic (exact) mass is 740 g/mol. The molecule has 6 aliphatic rings. The summed E-state index contributed by atoms with van der Waals surface area (Å²) in [5.41, 5.74) is 0.438. The van der Waals surface area contributed by atoms with Gasteiger partial charge in [0.15, 0.2) is 6.29 Å². The van der Waals surface area contributed by atoms with E-state index < -0.39 is 60.4 Å². The summed E-state index contributed by atoms with van der Waals surface area (Å²) in [6, 6.07) is 9.92. The van der Waals surface area contributed by atoms with Crippen LogP contribution in [0.1, 0.15) is 92.6 Å². The van der Waals surface area contributed by atoms with Gasteiger partial charge in [-0.2, -0.15) is 0 Å². The maximum absolute atomic E-state index is 14.7. The number of hydrogen-bond acceptors (Lipinski definition) is 10. The summed E-state index contributed by atoms with van der Waals surface area (Å²) >= 11 is 0. The predicted molar refractivity (Wildman–Crippen MR) is 197 cm³/mol. The van der Waals surface area contributed by atoms with Crippen LogP contribution in [0.3, 0.4) is 0 Å². The van der Waals surface area contributed by atoms with Crippen molar-refractivity contribution in [1.82, 2.24) is 0 Å². The Morgan fingerprint density at radius 3 is 2.32 bits per heavy atom. The van der Waals surface area contributed by atoms with Gasteiger partial charge in [-0.1, -0.05) is 90.4 Å². The van der Waals surface area contributed by atoms with Crippen molar-refractivity contribution in [2.24, 2.45) is 56.7 Å². The third kappa shape index (κ3) is 5.82. The molecule has 3 saturated carbocycles. The topological polar surface area (TPSA) is 155 Å². The number of benzene rings is 1. The van der Waals surface area contributed by atoms with Gasteiger partial charge in [0.05, 0.1) is 37.9 Å². The zero-order valence-electron chi connectivity index (χ0n) is 32.7. The van der Waals surface area contributed by atoms with Crippen LogP contribution < -0.4 is 0 Å². The van der Waals surface area contributed by atoms with Gasteiger partial charge in [0.1, 0.15) is 31.0 Å². The van der Waals surface area contributed by atoms with Crippen molar-refractivity contribution >= 4 is 5.97 Å². The normalized spacial score (nSPS) is 48.5. The summed E-state index contributed by atoms with van der Waals surface area (Å²) in [5.74, 6) is 0.612. The summed E-state index contributed by atoms with van der Waals surface area (Å²) in [4.78, 5) is 14.7. The first-order chi connectivity index (χ1) is 25.0. The molecule has 10 heteroatoms. The van der Waals surface area contributed by atoms with E-state index in [0.717, 1.165) is 37.7 Å². The van der Waals surface area contributed by atoms with Crippen molar-refractivity contribution in [3.8, 4) is 0 Å². The molecule has 5 N–H and O–H groups in total. The lowest BCUT2D eigenvalue weighted by Gasteiger charge is -2.71. The van der Waals surface area contributed by atoms with Gasteiger partial charge >= 0.3 is 5.97 Å². The van der Waals surface area contributed by atoms with Crippen molar-refractivity contribution < 1.29 is 49.3 Å². The van der Waals surface area contributed by atoms with Gasteiger partial charge in [-0.3, -0.25) is 4.79 Å². The quantitative estimate of drug-likeness (QED) is 0.143. The Hall–Kier alpha value is -1.89. The fourth-order valence-electron chi connectivity index (χ4n) is 13.0. The molecular weight excluding hydrogens is 676 g/mol. The minimum atomic E-state index is -1.57. The number of carbonyl (C=O) groups is 1. The number of aliphatic hydroxyl groups is 5. The average molecular weight is 741 g/mol. The van der Waals surface area contributed by atoms with Crippen molar-refractivity contribution in [2.75, 3.05) is 19.8 Å². The number of rotatable bonds is 8. The predicted octanol–water partition coefficient (Wildman–Crippen LogP) is 4.78. The molecule has 1 aromatic carbocycles. The molecule has 0 amide bonds. The molecule has 7 rings (SSSR count). The second-order valence-corrected chi connectivity index (χ2v) is 19.1. The van der Waals surface area contributed by atoms with Gasteiger partial charge < -0.3 is 44.5 Å². The van der Waals surface area contributed by atoms with Crippen LogP contribution in [0.4, 0.5) is 0 Å². The fourth-order valence-corrected chi connectivity index (χ4v) is 13.0. The van der Waals surface area contributed by atoms with E-state index in [-0.39, 0.29) is 46.6 Å². The highest BCUT2D eigenvalue weighted by molar-refractivity contribution is 5.75. The van der Waals surface area contributed by atoms with Crippen LogP contribution in [0, 0.1) is 56.7 Å². The van der Waals surface area contributed by atoms with Gasteiger partial charge in [-0.15, -0.1) is 0 Å². The minimum Gasteiger partial charge on any atom is -0.461 e. The number of aliphatic hydroxyl groups excluding tert-OH is 5. The van der Waals surface area contributed by atoms with Crippen LogP contribution in [-0.4, -0.2) is 94.2 Å². The molecule has 2 heterocycles. The van der Waals surface area contributed by atoms with Gasteiger partial charge in [-0.25, -0.2) is 0 Å². The Bertz CT molecular complexity index is 1530. The van der Waals surface area contributed by atoms with Crippen LogP contribution in [0.5, 0.6) is 0 Å². The molecule has 5 fully saturated rings. The maximum atomic E-state index is 14.7. The maximum Gasteiger partial charge on any atom is 0.310 e. The molecule has 53 heavy (non-hydrogen) atoms. The first kappa shape index (κ1) is 39.3. The van der Waals surface area contributed by atoms with E-state index in [9.17, 15) is 30.3 Å². The number of carbonyl (C=O) groups excluding carboxylic acids is 1. The number of esters is 1. The van der Waals surface area contributed by atoms with Crippen LogP contribution in [-0.2, 0) is 30.3 Å². The van der Waals surface area contributed by atoms with E-state index in [2.05, 4.69) is 54.5 Å². The Morgan fingerprint density at radius 1 is 0.925 bits per heavy atom. The van der Waals surface area contributed by atoms with E-state index in [0.29, 0.717) is 31.5 Å². The summed E-state index contributed by atoms with van der Waals surface area (Å²) in [5, 5.41) is 53.5.